The van der Waals surface area contributed by atoms with Crippen LogP contribution in [0.15, 0.2) is 42.5 Å². The van der Waals surface area contributed by atoms with Crippen LogP contribution in [0.5, 0.6) is 0 Å². The number of benzene rings is 2. The van der Waals surface area contributed by atoms with Crippen LogP contribution in [0, 0.1) is 0 Å². The second-order valence-corrected chi connectivity index (χ2v) is 6.91. The lowest BCUT2D eigenvalue weighted by Gasteiger charge is -2.16. The van der Waals surface area contributed by atoms with Crippen molar-refractivity contribution in [1.82, 2.24) is 16.0 Å². The van der Waals surface area contributed by atoms with E-state index in [0.717, 1.165) is 5.56 Å². The molecule has 2 aromatic rings. The van der Waals surface area contributed by atoms with Crippen LogP contribution in [-0.2, 0) is 11.3 Å². The summed E-state index contributed by atoms with van der Waals surface area (Å²) in [6, 6.07) is 9.41. The molecule has 0 saturated carbocycles. The van der Waals surface area contributed by atoms with E-state index >= 15 is 0 Å². The lowest BCUT2D eigenvalue weighted by atomic mass is 10.2. The van der Waals surface area contributed by atoms with Crippen LogP contribution in [0.2, 0.25) is 15.1 Å². The number of carbonyl (C=O) groups is 3. The molecule has 0 fully saturated rings. The zero-order valence-electron chi connectivity index (χ0n) is 14.3. The lowest BCUT2D eigenvalue weighted by molar-refractivity contribution is -0.139. The Labute approximate surface area is 176 Å². The quantitative estimate of drug-likeness (QED) is 0.525. The van der Waals surface area contributed by atoms with Crippen molar-refractivity contribution in [2.75, 3.05) is 6.54 Å². The van der Waals surface area contributed by atoms with Gasteiger partial charge >= 0.3 is 12.0 Å². The third kappa shape index (κ3) is 6.30. The molecule has 0 heterocycles. The fourth-order valence-corrected chi connectivity index (χ4v) is 3.01. The van der Waals surface area contributed by atoms with E-state index in [0.29, 0.717) is 5.02 Å². The molecule has 0 saturated heterocycles. The second-order valence-electron chi connectivity index (χ2n) is 5.65. The van der Waals surface area contributed by atoms with Gasteiger partial charge < -0.3 is 21.1 Å². The largest absolute Gasteiger partial charge is 0.480 e. The zero-order valence-corrected chi connectivity index (χ0v) is 16.6. The summed E-state index contributed by atoms with van der Waals surface area (Å²) in [7, 11) is 0. The zero-order chi connectivity index (χ0) is 20.7. The molecule has 0 aliphatic heterocycles. The monoisotopic (exact) mass is 443 g/mol. The predicted molar refractivity (Wildman–Crippen MR) is 107 cm³/mol. The fraction of sp³-hybridized carbons (Fsp3) is 0.167. The van der Waals surface area contributed by atoms with Crippen molar-refractivity contribution in [3.63, 3.8) is 0 Å². The van der Waals surface area contributed by atoms with Crippen molar-refractivity contribution in [2.24, 2.45) is 0 Å². The molecule has 2 rings (SSSR count). The second kappa shape index (κ2) is 10.2. The Morgan fingerprint density at radius 3 is 2.21 bits per heavy atom. The van der Waals surface area contributed by atoms with Crippen LogP contribution >= 0.6 is 34.8 Å². The van der Waals surface area contributed by atoms with Crippen LogP contribution in [-0.4, -0.2) is 35.6 Å². The van der Waals surface area contributed by atoms with Crippen molar-refractivity contribution in [3.8, 4) is 0 Å². The van der Waals surface area contributed by atoms with Crippen molar-refractivity contribution < 1.29 is 19.5 Å². The SMILES string of the molecule is O=C(NCc1cccc(Cl)c1)NC[C@H](NC(=O)c1c(Cl)cccc1Cl)C(=O)O. The van der Waals surface area contributed by atoms with Gasteiger partial charge in [-0.05, 0) is 29.8 Å². The van der Waals surface area contributed by atoms with Gasteiger partial charge in [-0.15, -0.1) is 0 Å². The number of rotatable bonds is 7. The normalized spacial score (nSPS) is 11.4. The first-order valence-corrected chi connectivity index (χ1v) is 9.15. The molecule has 148 valence electrons. The van der Waals surface area contributed by atoms with E-state index in [1.165, 1.54) is 12.1 Å². The molecule has 7 nitrogen and oxygen atoms in total. The number of nitrogens with one attached hydrogen (secondary N) is 3. The van der Waals surface area contributed by atoms with Crippen LogP contribution in [0.25, 0.3) is 0 Å². The summed E-state index contributed by atoms with van der Waals surface area (Å²) in [5.74, 6) is -2.09. The highest BCUT2D eigenvalue weighted by atomic mass is 35.5. The number of halogens is 3. The van der Waals surface area contributed by atoms with Crippen molar-refractivity contribution >= 4 is 52.7 Å². The summed E-state index contributed by atoms with van der Waals surface area (Å²) in [6.07, 6.45) is 0. The van der Waals surface area contributed by atoms with Gasteiger partial charge in [0.25, 0.3) is 5.91 Å². The number of aliphatic carboxylic acids is 1. The van der Waals surface area contributed by atoms with Crippen LogP contribution in [0.1, 0.15) is 15.9 Å². The van der Waals surface area contributed by atoms with E-state index in [4.69, 9.17) is 34.8 Å². The van der Waals surface area contributed by atoms with Gasteiger partial charge in [0, 0.05) is 11.6 Å². The maximum Gasteiger partial charge on any atom is 0.328 e. The minimum Gasteiger partial charge on any atom is -0.480 e. The predicted octanol–water partition coefficient (Wildman–Crippen LogP) is 3.33. The highest BCUT2D eigenvalue weighted by Gasteiger charge is 2.23. The van der Waals surface area contributed by atoms with E-state index in [1.807, 2.05) is 0 Å². The molecule has 0 radical (unpaired) electrons. The first-order valence-electron chi connectivity index (χ1n) is 8.01. The highest BCUT2D eigenvalue weighted by Crippen LogP contribution is 2.24. The number of hydrogen-bond acceptors (Lipinski definition) is 3. The van der Waals surface area contributed by atoms with Gasteiger partial charge in [-0.3, -0.25) is 4.79 Å². The molecule has 0 aliphatic carbocycles. The molecule has 1 atom stereocenters. The van der Waals surface area contributed by atoms with Gasteiger partial charge in [-0.25, -0.2) is 9.59 Å². The molecule has 4 N–H and O–H groups in total. The van der Waals surface area contributed by atoms with Crippen LogP contribution in [0.3, 0.4) is 0 Å². The molecule has 28 heavy (non-hydrogen) atoms. The van der Waals surface area contributed by atoms with Crippen molar-refractivity contribution in [1.29, 1.82) is 0 Å². The highest BCUT2D eigenvalue weighted by molar-refractivity contribution is 6.39. The third-order valence-electron chi connectivity index (χ3n) is 3.60. The summed E-state index contributed by atoms with van der Waals surface area (Å²) in [5.41, 5.74) is 0.738. The first kappa shape index (κ1) is 21.8. The Bertz CT molecular complexity index is 872. The standard InChI is InChI=1S/C18H16Cl3N3O4/c19-11-4-1-3-10(7-11)8-22-18(28)23-9-14(17(26)27)24-16(25)15-12(20)5-2-6-13(15)21/h1-7,14H,8-9H2,(H,24,25)(H,26,27)(H2,22,23,28)/t14-/m0/s1. The Morgan fingerprint density at radius 1 is 0.964 bits per heavy atom. The maximum atomic E-state index is 12.3. The first-order chi connectivity index (χ1) is 13.3. The molecule has 0 bridgehead atoms. The molecule has 0 aliphatic rings. The lowest BCUT2D eigenvalue weighted by Crippen LogP contribution is -2.50. The van der Waals surface area contributed by atoms with Gasteiger partial charge in [-0.2, -0.15) is 0 Å². The van der Waals surface area contributed by atoms with Gasteiger partial charge in [0.1, 0.15) is 6.04 Å². The van der Waals surface area contributed by atoms with E-state index in [9.17, 15) is 19.5 Å². The molecule has 3 amide bonds. The number of hydrogen-bond donors (Lipinski definition) is 4. The van der Waals surface area contributed by atoms with Gasteiger partial charge in [0.05, 0.1) is 22.2 Å². The summed E-state index contributed by atoms with van der Waals surface area (Å²) < 4.78 is 0. The van der Waals surface area contributed by atoms with Crippen molar-refractivity contribution in [2.45, 2.75) is 12.6 Å². The summed E-state index contributed by atoms with van der Waals surface area (Å²) in [6.45, 7) is -0.143. The number of urea groups is 1. The minimum atomic E-state index is -1.38. The minimum absolute atomic E-state index is 0.0394. The number of carboxylic acids is 1. The van der Waals surface area contributed by atoms with E-state index in [-0.39, 0.29) is 28.7 Å². The topological polar surface area (TPSA) is 108 Å². The summed E-state index contributed by atoms with van der Waals surface area (Å²) >= 11 is 17.8. The summed E-state index contributed by atoms with van der Waals surface area (Å²) in [4.78, 5) is 35.6. The molecule has 2 aromatic carbocycles. The average Bonchev–Trinajstić information content (AvgIpc) is 2.63. The smallest absolute Gasteiger partial charge is 0.328 e. The molecular formula is C18H16Cl3N3O4. The Morgan fingerprint density at radius 2 is 1.61 bits per heavy atom. The molecule has 0 unspecified atom stereocenters. The molecule has 0 spiro atoms. The van der Waals surface area contributed by atoms with E-state index in [2.05, 4.69) is 16.0 Å². The number of amides is 3. The molecule has 10 heteroatoms. The van der Waals surface area contributed by atoms with Gasteiger partial charge in [0.2, 0.25) is 0 Å². The van der Waals surface area contributed by atoms with Crippen molar-refractivity contribution in [3.05, 3.63) is 68.7 Å². The molecule has 0 aromatic heterocycles. The van der Waals surface area contributed by atoms with Crippen LogP contribution in [0.4, 0.5) is 4.79 Å². The average molecular weight is 445 g/mol. The maximum absolute atomic E-state index is 12.3. The molecular weight excluding hydrogens is 429 g/mol. The van der Waals surface area contributed by atoms with Gasteiger partial charge in [0.15, 0.2) is 0 Å². The van der Waals surface area contributed by atoms with E-state index in [1.54, 1.807) is 30.3 Å². The Hall–Kier alpha value is -2.48. The van der Waals surface area contributed by atoms with E-state index < -0.39 is 23.9 Å². The van der Waals surface area contributed by atoms with Gasteiger partial charge in [-0.1, -0.05) is 53.0 Å². The van der Waals surface area contributed by atoms with Crippen LogP contribution < -0.4 is 16.0 Å². The number of carbonyl (C=O) groups excluding carboxylic acids is 2. The Balaban J connectivity index is 1.91. The number of carboxylic acid groups (broad SMARTS) is 1. The third-order valence-corrected chi connectivity index (χ3v) is 4.47. The Kier molecular flexibility index (Phi) is 7.92. The summed E-state index contributed by atoms with van der Waals surface area (Å²) in [5, 5.41) is 17.2. The fourth-order valence-electron chi connectivity index (χ4n) is 2.23.